The van der Waals surface area contributed by atoms with Crippen molar-refractivity contribution >= 4 is 41.5 Å². The van der Waals surface area contributed by atoms with Crippen LogP contribution in [0.1, 0.15) is 18.4 Å². The van der Waals surface area contributed by atoms with Gasteiger partial charge in [-0.25, -0.2) is 0 Å². The van der Waals surface area contributed by atoms with E-state index in [0.717, 1.165) is 42.5 Å². The fraction of sp³-hybridized carbons (Fsp3) is 0.611. The minimum atomic E-state index is -0.00253. The number of hydrogen-bond acceptors (Lipinski definition) is 4. The van der Waals surface area contributed by atoms with Gasteiger partial charge < -0.3 is 25.2 Å². The van der Waals surface area contributed by atoms with Gasteiger partial charge in [-0.1, -0.05) is 23.7 Å². The molecule has 6 nitrogen and oxygen atoms in total. The fourth-order valence-electron chi connectivity index (χ4n) is 2.82. The van der Waals surface area contributed by atoms with Gasteiger partial charge in [0.2, 0.25) is 0 Å². The number of hydrogen-bond donors (Lipinski definition) is 3. The number of aliphatic imine (C=N–C) groups is 1. The Morgan fingerprint density at radius 2 is 2.12 bits per heavy atom. The van der Waals surface area contributed by atoms with Crippen molar-refractivity contribution in [2.24, 2.45) is 10.4 Å². The molecule has 148 valence electrons. The van der Waals surface area contributed by atoms with Crippen LogP contribution in [0, 0.1) is 5.41 Å². The molecular weight excluding hydrogens is 469 g/mol. The van der Waals surface area contributed by atoms with E-state index in [1.165, 1.54) is 0 Å². The summed E-state index contributed by atoms with van der Waals surface area (Å²) in [7, 11) is 1.74. The third-order valence-electron chi connectivity index (χ3n) is 4.40. The molecule has 1 fully saturated rings. The number of benzene rings is 1. The molecule has 1 aliphatic heterocycles. The van der Waals surface area contributed by atoms with Crippen LogP contribution in [0.5, 0.6) is 0 Å². The Hall–Kier alpha value is -0.610. The summed E-state index contributed by atoms with van der Waals surface area (Å²) in [6, 6.07) is 7.64. The normalized spacial score (nSPS) is 19.9. The lowest BCUT2D eigenvalue weighted by atomic mass is 9.84. The van der Waals surface area contributed by atoms with Crippen molar-refractivity contribution in [3.8, 4) is 0 Å². The second-order valence-electron chi connectivity index (χ2n) is 6.31. The van der Waals surface area contributed by atoms with Crippen LogP contribution >= 0.6 is 35.6 Å². The number of aliphatic hydroxyl groups excluding tert-OH is 1. The smallest absolute Gasteiger partial charge is 0.191 e. The highest BCUT2D eigenvalue weighted by Crippen LogP contribution is 2.31. The van der Waals surface area contributed by atoms with Gasteiger partial charge in [0.1, 0.15) is 0 Å². The Morgan fingerprint density at radius 3 is 2.73 bits per heavy atom. The van der Waals surface area contributed by atoms with E-state index in [1.54, 1.807) is 7.05 Å². The highest BCUT2D eigenvalue weighted by Gasteiger charge is 2.34. The van der Waals surface area contributed by atoms with Gasteiger partial charge in [-0.2, -0.15) is 0 Å². The minimum absolute atomic E-state index is 0. The summed E-state index contributed by atoms with van der Waals surface area (Å²) in [6.07, 6.45) is 1.70. The molecule has 0 spiro atoms. The molecule has 0 saturated carbocycles. The van der Waals surface area contributed by atoms with Crippen molar-refractivity contribution in [2.45, 2.75) is 19.4 Å². The van der Waals surface area contributed by atoms with E-state index in [0.29, 0.717) is 26.4 Å². The molecule has 1 unspecified atom stereocenters. The van der Waals surface area contributed by atoms with Crippen molar-refractivity contribution < 1.29 is 14.6 Å². The zero-order valence-electron chi connectivity index (χ0n) is 15.2. The van der Waals surface area contributed by atoms with E-state index in [-0.39, 0.29) is 36.0 Å². The van der Waals surface area contributed by atoms with E-state index in [4.69, 9.17) is 21.1 Å². The van der Waals surface area contributed by atoms with Gasteiger partial charge in [0.15, 0.2) is 5.96 Å². The topological polar surface area (TPSA) is 75.1 Å². The lowest BCUT2D eigenvalue weighted by Gasteiger charge is -2.27. The maximum absolute atomic E-state index is 9.27. The SMILES string of the molecule is CN=C(NCCOCc1ccc(Cl)cc1)NCC1(CCO)CCOC1.I. The largest absolute Gasteiger partial charge is 0.396 e. The summed E-state index contributed by atoms with van der Waals surface area (Å²) >= 11 is 5.86. The average molecular weight is 498 g/mol. The van der Waals surface area contributed by atoms with E-state index >= 15 is 0 Å². The molecule has 0 aromatic heterocycles. The monoisotopic (exact) mass is 497 g/mol. The quantitative estimate of drug-likeness (QED) is 0.211. The predicted octanol–water partition coefficient (Wildman–Crippen LogP) is 2.43. The van der Waals surface area contributed by atoms with Gasteiger partial charge in [0, 0.05) is 43.8 Å². The van der Waals surface area contributed by atoms with E-state index in [2.05, 4.69) is 15.6 Å². The maximum atomic E-state index is 9.27. The predicted molar refractivity (Wildman–Crippen MR) is 115 cm³/mol. The molecule has 0 aliphatic carbocycles. The van der Waals surface area contributed by atoms with Crippen LogP contribution in [0.4, 0.5) is 0 Å². The van der Waals surface area contributed by atoms with Crippen molar-refractivity contribution in [1.29, 1.82) is 0 Å². The number of nitrogens with zero attached hydrogens (tertiary/aromatic N) is 1. The molecule has 0 bridgehead atoms. The highest BCUT2D eigenvalue weighted by molar-refractivity contribution is 14.0. The van der Waals surface area contributed by atoms with Crippen LogP contribution in [0.3, 0.4) is 0 Å². The molecule has 1 aliphatic rings. The van der Waals surface area contributed by atoms with Gasteiger partial charge in [-0.15, -0.1) is 24.0 Å². The van der Waals surface area contributed by atoms with Crippen LogP contribution < -0.4 is 10.6 Å². The first kappa shape index (κ1) is 23.4. The Labute approximate surface area is 177 Å². The zero-order chi connectivity index (χ0) is 18.0. The number of rotatable bonds is 9. The number of aliphatic hydroxyl groups is 1. The average Bonchev–Trinajstić information content (AvgIpc) is 3.08. The zero-order valence-corrected chi connectivity index (χ0v) is 18.3. The third-order valence-corrected chi connectivity index (χ3v) is 4.65. The van der Waals surface area contributed by atoms with Crippen LogP contribution in [0.15, 0.2) is 29.3 Å². The summed E-state index contributed by atoms with van der Waals surface area (Å²) in [5.74, 6) is 0.735. The van der Waals surface area contributed by atoms with Crippen molar-refractivity contribution in [2.75, 3.05) is 46.6 Å². The van der Waals surface area contributed by atoms with Crippen LogP contribution in [-0.2, 0) is 16.1 Å². The Kier molecular flexibility index (Phi) is 11.5. The summed E-state index contributed by atoms with van der Waals surface area (Å²) in [5.41, 5.74) is 1.09. The Balaban J connectivity index is 0.00000338. The van der Waals surface area contributed by atoms with Crippen molar-refractivity contribution in [1.82, 2.24) is 10.6 Å². The lowest BCUT2D eigenvalue weighted by molar-refractivity contribution is 0.124. The fourth-order valence-corrected chi connectivity index (χ4v) is 2.94. The summed E-state index contributed by atoms with van der Waals surface area (Å²) in [6.45, 7) is 4.15. The number of halogens is 2. The molecule has 1 saturated heterocycles. The minimum Gasteiger partial charge on any atom is -0.396 e. The first-order valence-corrected chi connectivity index (χ1v) is 9.00. The van der Waals surface area contributed by atoms with Gasteiger partial charge in [0.05, 0.1) is 19.8 Å². The molecule has 26 heavy (non-hydrogen) atoms. The van der Waals surface area contributed by atoms with E-state index < -0.39 is 0 Å². The van der Waals surface area contributed by atoms with Crippen LogP contribution in [-0.4, -0.2) is 57.6 Å². The summed E-state index contributed by atoms with van der Waals surface area (Å²) < 4.78 is 11.2. The van der Waals surface area contributed by atoms with Gasteiger partial charge in [0.25, 0.3) is 0 Å². The summed E-state index contributed by atoms with van der Waals surface area (Å²) in [4.78, 5) is 4.23. The summed E-state index contributed by atoms with van der Waals surface area (Å²) in [5, 5.41) is 16.6. The molecule has 8 heteroatoms. The van der Waals surface area contributed by atoms with Gasteiger partial charge in [-0.05, 0) is 30.5 Å². The first-order chi connectivity index (χ1) is 12.2. The Morgan fingerprint density at radius 1 is 1.35 bits per heavy atom. The number of guanidine groups is 1. The molecular formula is C18H29ClIN3O3. The molecule has 1 aromatic carbocycles. The molecule has 1 heterocycles. The number of ether oxygens (including phenoxy) is 2. The standard InChI is InChI=1S/C18H28ClN3O3.HI/c1-20-17(22-13-18(6-9-23)7-10-25-14-18)21-8-11-24-12-15-2-4-16(19)5-3-15;/h2-5,23H,6-14H2,1H3,(H2,20,21,22);1H. The molecule has 0 amide bonds. The maximum Gasteiger partial charge on any atom is 0.191 e. The Bertz CT molecular complexity index is 537. The van der Waals surface area contributed by atoms with Gasteiger partial charge >= 0.3 is 0 Å². The van der Waals surface area contributed by atoms with Crippen LogP contribution in [0.2, 0.25) is 5.02 Å². The first-order valence-electron chi connectivity index (χ1n) is 8.63. The molecule has 1 aromatic rings. The molecule has 2 rings (SSSR count). The second-order valence-corrected chi connectivity index (χ2v) is 6.74. The number of nitrogens with one attached hydrogen (secondary N) is 2. The van der Waals surface area contributed by atoms with Crippen molar-refractivity contribution in [3.05, 3.63) is 34.9 Å². The lowest BCUT2D eigenvalue weighted by Crippen LogP contribution is -2.45. The highest BCUT2D eigenvalue weighted by atomic mass is 127. The van der Waals surface area contributed by atoms with E-state index in [9.17, 15) is 5.11 Å². The van der Waals surface area contributed by atoms with Crippen molar-refractivity contribution in [3.63, 3.8) is 0 Å². The third kappa shape index (κ3) is 7.96. The molecule has 3 N–H and O–H groups in total. The van der Waals surface area contributed by atoms with Gasteiger partial charge in [-0.3, -0.25) is 4.99 Å². The molecule has 1 atom stereocenters. The molecule has 0 radical (unpaired) electrons. The van der Waals surface area contributed by atoms with Crippen LogP contribution in [0.25, 0.3) is 0 Å². The second kappa shape index (κ2) is 12.7. The van der Waals surface area contributed by atoms with E-state index in [1.807, 2.05) is 24.3 Å².